The van der Waals surface area contributed by atoms with Crippen LogP contribution in [0.4, 0.5) is 18.9 Å². The number of rotatable bonds is 2. The maximum Gasteiger partial charge on any atom is 0.401 e. The minimum atomic E-state index is -4.22. The zero-order valence-electron chi connectivity index (χ0n) is 11.2. The molecule has 1 heterocycles. The number of hydrogen-bond acceptors (Lipinski definition) is 3. The summed E-state index contributed by atoms with van der Waals surface area (Å²) in [5, 5.41) is 0.284. The fourth-order valence-electron chi connectivity index (χ4n) is 2.24. The van der Waals surface area contributed by atoms with Gasteiger partial charge in [-0.05, 0) is 18.2 Å². The fourth-order valence-corrected chi connectivity index (χ4v) is 2.44. The van der Waals surface area contributed by atoms with Crippen LogP contribution in [0.25, 0.3) is 0 Å². The van der Waals surface area contributed by atoms with Crippen LogP contribution in [0.1, 0.15) is 10.4 Å². The molecule has 1 aromatic carbocycles. The number of carbonyl (C=O) groups excluding carboxylic acids is 1. The van der Waals surface area contributed by atoms with Crippen LogP contribution in [0.15, 0.2) is 18.2 Å². The van der Waals surface area contributed by atoms with E-state index in [-0.39, 0.29) is 42.7 Å². The Morgan fingerprint density at radius 1 is 1.24 bits per heavy atom. The topological polar surface area (TPSA) is 49.6 Å². The van der Waals surface area contributed by atoms with Crippen LogP contribution in [0.2, 0.25) is 5.02 Å². The molecule has 1 fully saturated rings. The molecular formula is C13H15ClF3N3O. The second kappa shape index (κ2) is 6.11. The lowest BCUT2D eigenvalue weighted by molar-refractivity contribution is -0.148. The number of nitrogen functional groups attached to an aromatic ring is 1. The van der Waals surface area contributed by atoms with Crippen LogP contribution < -0.4 is 5.73 Å². The molecule has 2 rings (SSSR count). The van der Waals surface area contributed by atoms with E-state index in [0.29, 0.717) is 5.69 Å². The number of alkyl halides is 3. The first-order chi connectivity index (χ1) is 9.76. The Morgan fingerprint density at radius 3 is 2.43 bits per heavy atom. The maximum absolute atomic E-state index is 12.3. The minimum Gasteiger partial charge on any atom is -0.399 e. The molecule has 0 aromatic heterocycles. The Bertz CT molecular complexity index is 528. The van der Waals surface area contributed by atoms with Crippen molar-refractivity contribution in [3.63, 3.8) is 0 Å². The van der Waals surface area contributed by atoms with Crippen LogP contribution in [0.5, 0.6) is 0 Å². The summed E-state index contributed by atoms with van der Waals surface area (Å²) in [6.45, 7) is -0.107. The molecule has 0 radical (unpaired) electrons. The van der Waals surface area contributed by atoms with Crippen molar-refractivity contribution in [3.8, 4) is 0 Å². The van der Waals surface area contributed by atoms with Crippen molar-refractivity contribution in [2.45, 2.75) is 6.18 Å². The van der Waals surface area contributed by atoms with Gasteiger partial charge in [0.05, 0.1) is 17.1 Å². The Labute approximate surface area is 125 Å². The highest BCUT2D eigenvalue weighted by Crippen LogP contribution is 2.22. The van der Waals surface area contributed by atoms with E-state index in [2.05, 4.69) is 0 Å². The molecule has 2 N–H and O–H groups in total. The number of nitrogens with two attached hydrogens (primary N) is 1. The van der Waals surface area contributed by atoms with Crippen molar-refractivity contribution in [3.05, 3.63) is 28.8 Å². The molecule has 116 valence electrons. The monoisotopic (exact) mass is 321 g/mol. The molecule has 0 unspecified atom stereocenters. The third-order valence-electron chi connectivity index (χ3n) is 3.28. The molecule has 0 aliphatic carbocycles. The quantitative estimate of drug-likeness (QED) is 0.850. The molecule has 0 spiro atoms. The van der Waals surface area contributed by atoms with Gasteiger partial charge in [0.1, 0.15) is 0 Å². The number of halogens is 4. The average molecular weight is 322 g/mol. The van der Waals surface area contributed by atoms with Crippen molar-refractivity contribution in [1.82, 2.24) is 9.80 Å². The van der Waals surface area contributed by atoms with Gasteiger partial charge >= 0.3 is 6.18 Å². The third-order valence-corrected chi connectivity index (χ3v) is 3.61. The molecular weight excluding hydrogens is 307 g/mol. The lowest BCUT2D eigenvalue weighted by Gasteiger charge is -2.35. The van der Waals surface area contributed by atoms with E-state index < -0.39 is 12.7 Å². The third kappa shape index (κ3) is 4.25. The number of nitrogens with zero attached hydrogens (tertiary/aromatic N) is 2. The van der Waals surface area contributed by atoms with Crippen LogP contribution >= 0.6 is 11.6 Å². The van der Waals surface area contributed by atoms with E-state index in [9.17, 15) is 18.0 Å². The molecule has 4 nitrogen and oxygen atoms in total. The van der Waals surface area contributed by atoms with E-state index in [1.54, 1.807) is 6.07 Å². The fraction of sp³-hybridized carbons (Fsp3) is 0.462. The maximum atomic E-state index is 12.3. The van der Waals surface area contributed by atoms with Gasteiger partial charge in [0.25, 0.3) is 5.91 Å². The minimum absolute atomic E-state index is 0.186. The molecule has 8 heteroatoms. The number of benzene rings is 1. The van der Waals surface area contributed by atoms with E-state index in [0.717, 1.165) is 0 Å². The molecule has 0 atom stereocenters. The van der Waals surface area contributed by atoms with Gasteiger partial charge in [-0.1, -0.05) is 11.6 Å². The van der Waals surface area contributed by atoms with Crippen molar-refractivity contribution in [2.24, 2.45) is 0 Å². The van der Waals surface area contributed by atoms with Crippen molar-refractivity contribution >= 4 is 23.2 Å². The van der Waals surface area contributed by atoms with Crippen LogP contribution in [-0.2, 0) is 0 Å². The number of hydrogen-bond donors (Lipinski definition) is 1. The standard InChI is InChI=1S/C13H15ClF3N3O/c14-11-2-1-9(18)7-10(11)12(21)20-5-3-19(4-6-20)8-13(15,16)17/h1-2,7H,3-6,8,18H2. The van der Waals surface area contributed by atoms with Gasteiger partial charge in [-0.15, -0.1) is 0 Å². The molecule has 21 heavy (non-hydrogen) atoms. The molecule has 0 saturated carbocycles. The predicted molar refractivity (Wildman–Crippen MR) is 74.3 cm³/mol. The average Bonchev–Trinajstić information content (AvgIpc) is 2.40. The summed E-state index contributed by atoms with van der Waals surface area (Å²) in [7, 11) is 0. The van der Waals surface area contributed by atoms with E-state index in [1.165, 1.54) is 21.9 Å². The molecule has 1 aromatic rings. The zero-order chi connectivity index (χ0) is 15.6. The normalized spacial score (nSPS) is 17.0. The highest BCUT2D eigenvalue weighted by Gasteiger charge is 2.33. The SMILES string of the molecule is Nc1ccc(Cl)c(C(=O)N2CCN(CC(F)(F)F)CC2)c1. The summed E-state index contributed by atoms with van der Waals surface area (Å²) in [6.07, 6.45) is -4.22. The summed E-state index contributed by atoms with van der Waals surface area (Å²) in [5.41, 5.74) is 6.32. The zero-order valence-corrected chi connectivity index (χ0v) is 11.9. The first kappa shape index (κ1) is 15.9. The summed E-state index contributed by atoms with van der Waals surface area (Å²) in [4.78, 5) is 15.1. The lowest BCUT2D eigenvalue weighted by Crippen LogP contribution is -2.50. The summed E-state index contributed by atoms with van der Waals surface area (Å²) >= 11 is 5.96. The van der Waals surface area contributed by atoms with Crippen molar-refractivity contribution in [1.29, 1.82) is 0 Å². The second-order valence-electron chi connectivity index (χ2n) is 4.92. The molecule has 1 saturated heterocycles. The Hall–Kier alpha value is -1.47. The van der Waals surface area contributed by atoms with Gasteiger partial charge in [0, 0.05) is 31.9 Å². The summed E-state index contributed by atoms with van der Waals surface area (Å²) in [5.74, 6) is -0.307. The van der Waals surface area contributed by atoms with Gasteiger partial charge in [0.2, 0.25) is 0 Å². The number of amides is 1. The van der Waals surface area contributed by atoms with Gasteiger partial charge in [-0.25, -0.2) is 0 Å². The Balaban J connectivity index is 1.99. The van der Waals surface area contributed by atoms with Gasteiger partial charge in [-0.3, -0.25) is 9.69 Å². The second-order valence-corrected chi connectivity index (χ2v) is 5.33. The highest BCUT2D eigenvalue weighted by atomic mass is 35.5. The van der Waals surface area contributed by atoms with E-state index >= 15 is 0 Å². The molecule has 1 amide bonds. The van der Waals surface area contributed by atoms with Crippen LogP contribution in [0.3, 0.4) is 0 Å². The Morgan fingerprint density at radius 2 is 1.86 bits per heavy atom. The Kier molecular flexibility index (Phi) is 4.63. The van der Waals surface area contributed by atoms with E-state index in [4.69, 9.17) is 17.3 Å². The van der Waals surface area contributed by atoms with E-state index in [1.807, 2.05) is 0 Å². The van der Waals surface area contributed by atoms with Crippen LogP contribution in [0, 0.1) is 0 Å². The molecule has 1 aliphatic rings. The summed E-state index contributed by atoms with van der Waals surface area (Å²) < 4.78 is 36.9. The van der Waals surface area contributed by atoms with Gasteiger partial charge in [-0.2, -0.15) is 13.2 Å². The largest absolute Gasteiger partial charge is 0.401 e. The smallest absolute Gasteiger partial charge is 0.399 e. The number of carbonyl (C=O) groups is 1. The van der Waals surface area contributed by atoms with Crippen molar-refractivity contribution in [2.75, 3.05) is 38.5 Å². The lowest BCUT2D eigenvalue weighted by atomic mass is 10.1. The van der Waals surface area contributed by atoms with Gasteiger partial charge < -0.3 is 10.6 Å². The molecule has 0 bridgehead atoms. The van der Waals surface area contributed by atoms with Crippen LogP contribution in [-0.4, -0.2) is 54.6 Å². The highest BCUT2D eigenvalue weighted by molar-refractivity contribution is 6.34. The van der Waals surface area contributed by atoms with Gasteiger partial charge in [0.15, 0.2) is 0 Å². The summed E-state index contributed by atoms with van der Waals surface area (Å²) in [6, 6.07) is 4.59. The number of anilines is 1. The number of piperazine rings is 1. The first-order valence-corrected chi connectivity index (χ1v) is 6.77. The van der Waals surface area contributed by atoms with Crippen molar-refractivity contribution < 1.29 is 18.0 Å². The first-order valence-electron chi connectivity index (χ1n) is 6.40. The molecule has 1 aliphatic heterocycles. The predicted octanol–water partition coefficient (Wildman–Crippen LogP) is 2.24.